The zero-order valence-corrected chi connectivity index (χ0v) is 20.8. The zero-order valence-electron chi connectivity index (χ0n) is 20.8. The van der Waals surface area contributed by atoms with Crippen LogP contribution in [0.5, 0.6) is 0 Å². The molecule has 0 spiro atoms. The minimum Gasteiger partial charge on any atom is -0.462 e. The zero-order chi connectivity index (χ0) is 25.4. The molecule has 8 heteroatoms. The number of esters is 4. The van der Waals surface area contributed by atoms with Crippen LogP contribution in [0.2, 0.25) is 0 Å². The summed E-state index contributed by atoms with van der Waals surface area (Å²) < 4.78 is 22.1. The van der Waals surface area contributed by atoms with Crippen molar-refractivity contribution in [1.29, 1.82) is 0 Å². The molecule has 0 aromatic carbocycles. The smallest absolute Gasteiger partial charge is 0.333 e. The molecule has 0 atom stereocenters. The van der Waals surface area contributed by atoms with Gasteiger partial charge in [-0.15, -0.1) is 0 Å². The van der Waals surface area contributed by atoms with Gasteiger partial charge in [0.25, 0.3) is 0 Å². The Balaban J connectivity index is 1.65. The molecule has 4 fully saturated rings. The lowest BCUT2D eigenvalue weighted by Crippen LogP contribution is -2.67. The van der Waals surface area contributed by atoms with Gasteiger partial charge in [-0.05, 0) is 56.8 Å². The first-order valence-electron chi connectivity index (χ1n) is 11.8. The van der Waals surface area contributed by atoms with Crippen LogP contribution in [0.25, 0.3) is 0 Å². The van der Waals surface area contributed by atoms with E-state index in [9.17, 15) is 19.2 Å². The van der Waals surface area contributed by atoms with Gasteiger partial charge in [0.15, 0.2) is 0 Å². The first-order valence-corrected chi connectivity index (χ1v) is 11.8. The van der Waals surface area contributed by atoms with Gasteiger partial charge in [0, 0.05) is 17.6 Å². The second-order valence-electron chi connectivity index (χ2n) is 11.3. The number of carbonyl (C=O) groups excluding carboxylic acids is 4. The molecule has 8 nitrogen and oxygen atoms in total. The van der Waals surface area contributed by atoms with Gasteiger partial charge in [0.2, 0.25) is 0 Å². The van der Waals surface area contributed by atoms with Crippen LogP contribution in [0.3, 0.4) is 0 Å². The summed E-state index contributed by atoms with van der Waals surface area (Å²) in [5, 5.41) is 0. The number of carbonyl (C=O) groups is 4. The summed E-state index contributed by atoms with van der Waals surface area (Å²) in [4.78, 5) is 48.5. The highest BCUT2D eigenvalue weighted by Crippen LogP contribution is 2.69. The lowest BCUT2D eigenvalue weighted by Gasteiger charge is -2.67. The third-order valence-corrected chi connectivity index (χ3v) is 6.93. The Morgan fingerprint density at radius 3 is 1.32 bits per heavy atom. The Hall–Kier alpha value is -2.64. The van der Waals surface area contributed by atoms with E-state index in [-0.39, 0.29) is 48.0 Å². The van der Waals surface area contributed by atoms with Gasteiger partial charge in [-0.2, -0.15) is 0 Å². The molecule has 0 amide bonds. The second kappa shape index (κ2) is 9.19. The standard InChI is InChI=1S/C26H36O8/c1-17(2)21(29)31-9-7-19(27)33-25-12-23(5)11-24(6,13-25)15-26(14-23,16-25)34-20(28)8-10-32-22(30)18(3)4/h1,3,7-16H2,2,4-6H3. The summed E-state index contributed by atoms with van der Waals surface area (Å²) in [7, 11) is 0. The van der Waals surface area contributed by atoms with E-state index in [0.29, 0.717) is 32.1 Å². The lowest BCUT2D eigenvalue weighted by molar-refractivity contribution is -0.267. The Labute approximate surface area is 201 Å². The summed E-state index contributed by atoms with van der Waals surface area (Å²) in [6.07, 6.45) is 4.17. The quantitative estimate of drug-likeness (QED) is 0.265. The summed E-state index contributed by atoms with van der Waals surface area (Å²) >= 11 is 0. The third-order valence-electron chi connectivity index (χ3n) is 6.93. The highest BCUT2D eigenvalue weighted by Gasteiger charge is 2.68. The number of ether oxygens (including phenoxy) is 4. The molecule has 0 unspecified atom stereocenters. The fraction of sp³-hybridized carbons (Fsp3) is 0.692. The molecule has 34 heavy (non-hydrogen) atoms. The van der Waals surface area contributed by atoms with Gasteiger partial charge in [-0.3, -0.25) is 9.59 Å². The fourth-order valence-electron chi connectivity index (χ4n) is 6.98. The van der Waals surface area contributed by atoms with E-state index >= 15 is 0 Å². The summed E-state index contributed by atoms with van der Waals surface area (Å²) in [6, 6.07) is 0. The Morgan fingerprint density at radius 2 is 1.00 bits per heavy atom. The fourth-order valence-corrected chi connectivity index (χ4v) is 6.98. The van der Waals surface area contributed by atoms with Crippen molar-refractivity contribution in [2.75, 3.05) is 13.2 Å². The van der Waals surface area contributed by atoms with Crippen molar-refractivity contribution in [1.82, 2.24) is 0 Å². The predicted octanol–water partition coefficient (Wildman–Crippen LogP) is 3.96. The van der Waals surface area contributed by atoms with Crippen molar-refractivity contribution in [3.63, 3.8) is 0 Å². The Bertz CT molecular complexity index is 830. The highest BCUT2D eigenvalue weighted by atomic mass is 16.6. The predicted molar refractivity (Wildman–Crippen MR) is 122 cm³/mol. The second-order valence-corrected chi connectivity index (χ2v) is 11.3. The molecule has 4 bridgehead atoms. The summed E-state index contributed by atoms with van der Waals surface area (Å²) in [5.74, 6) is -1.95. The van der Waals surface area contributed by atoms with E-state index in [0.717, 1.165) is 6.42 Å². The van der Waals surface area contributed by atoms with E-state index in [1.165, 1.54) is 0 Å². The van der Waals surface area contributed by atoms with Crippen LogP contribution >= 0.6 is 0 Å². The van der Waals surface area contributed by atoms with Crippen LogP contribution in [0.15, 0.2) is 24.3 Å². The molecule has 0 saturated heterocycles. The molecule has 188 valence electrons. The van der Waals surface area contributed by atoms with E-state index in [1.807, 2.05) is 0 Å². The highest BCUT2D eigenvalue weighted by molar-refractivity contribution is 5.87. The molecule has 4 aliphatic rings. The Morgan fingerprint density at radius 1 is 0.647 bits per heavy atom. The van der Waals surface area contributed by atoms with Gasteiger partial charge in [0.05, 0.1) is 12.8 Å². The lowest BCUT2D eigenvalue weighted by atomic mass is 9.42. The number of rotatable bonds is 10. The normalized spacial score (nSPS) is 33.1. The maximum absolute atomic E-state index is 12.7. The number of hydrogen-bond acceptors (Lipinski definition) is 8. The summed E-state index contributed by atoms with van der Waals surface area (Å²) in [6.45, 7) is 14.3. The van der Waals surface area contributed by atoms with Crippen LogP contribution in [-0.4, -0.2) is 48.3 Å². The first kappa shape index (κ1) is 26.0. The molecule has 0 N–H and O–H groups in total. The molecule has 4 saturated carbocycles. The van der Waals surface area contributed by atoms with Gasteiger partial charge < -0.3 is 18.9 Å². The van der Waals surface area contributed by atoms with Gasteiger partial charge in [0.1, 0.15) is 24.4 Å². The van der Waals surface area contributed by atoms with Crippen LogP contribution in [0.4, 0.5) is 0 Å². The Kier molecular flexibility index (Phi) is 7.02. The van der Waals surface area contributed by atoms with Crippen molar-refractivity contribution < 1.29 is 38.1 Å². The maximum Gasteiger partial charge on any atom is 0.333 e. The van der Waals surface area contributed by atoms with E-state index < -0.39 is 35.1 Å². The third kappa shape index (κ3) is 5.88. The van der Waals surface area contributed by atoms with E-state index in [4.69, 9.17) is 18.9 Å². The van der Waals surface area contributed by atoms with E-state index in [1.54, 1.807) is 13.8 Å². The largest absolute Gasteiger partial charge is 0.462 e. The van der Waals surface area contributed by atoms with Crippen molar-refractivity contribution in [2.45, 2.75) is 90.3 Å². The van der Waals surface area contributed by atoms with Crippen LogP contribution in [-0.2, 0) is 38.1 Å². The number of hydrogen-bond donors (Lipinski definition) is 0. The van der Waals surface area contributed by atoms with Gasteiger partial charge >= 0.3 is 23.9 Å². The molecule has 0 radical (unpaired) electrons. The van der Waals surface area contributed by atoms with Gasteiger partial charge in [-0.1, -0.05) is 27.0 Å². The monoisotopic (exact) mass is 476 g/mol. The molecule has 4 aliphatic carbocycles. The molecule has 4 rings (SSSR count). The van der Waals surface area contributed by atoms with Crippen LogP contribution in [0.1, 0.15) is 79.1 Å². The molecule has 0 aromatic rings. The average Bonchev–Trinajstić information content (AvgIpc) is 2.63. The van der Waals surface area contributed by atoms with Crippen molar-refractivity contribution >= 4 is 23.9 Å². The molecule has 0 aromatic heterocycles. The van der Waals surface area contributed by atoms with Crippen molar-refractivity contribution in [3.8, 4) is 0 Å². The SMILES string of the molecule is C=C(C)C(=O)OCCC(=O)OC12CC3(C)CC(C)(C1)CC(OC(=O)CCOC(=O)C(=C)C)(C3)C2. The maximum atomic E-state index is 12.7. The minimum absolute atomic E-state index is 0.0466. The first-order chi connectivity index (χ1) is 15.7. The summed E-state index contributed by atoms with van der Waals surface area (Å²) in [5.41, 5.74) is -1.14. The average molecular weight is 477 g/mol. The topological polar surface area (TPSA) is 105 Å². The van der Waals surface area contributed by atoms with Crippen molar-refractivity contribution in [3.05, 3.63) is 24.3 Å². The minimum atomic E-state index is -0.722. The molecule has 0 heterocycles. The van der Waals surface area contributed by atoms with E-state index in [2.05, 4.69) is 27.0 Å². The van der Waals surface area contributed by atoms with Crippen molar-refractivity contribution in [2.24, 2.45) is 10.8 Å². The molecular weight excluding hydrogens is 440 g/mol. The molecule has 0 aliphatic heterocycles. The van der Waals surface area contributed by atoms with Crippen LogP contribution in [0, 0.1) is 10.8 Å². The van der Waals surface area contributed by atoms with Gasteiger partial charge in [-0.25, -0.2) is 9.59 Å². The molecular formula is C26H36O8. The van der Waals surface area contributed by atoms with Crippen LogP contribution < -0.4 is 0 Å².